The minimum Gasteiger partial charge on any atom is -0.456 e. The van der Waals surface area contributed by atoms with Crippen molar-refractivity contribution in [3.63, 3.8) is 0 Å². The summed E-state index contributed by atoms with van der Waals surface area (Å²) in [5, 5.41) is 6.31. The van der Waals surface area contributed by atoms with Gasteiger partial charge in [0.1, 0.15) is 17.1 Å². The number of fused-ring (bicyclic) bond motifs is 1. The zero-order valence-electron chi connectivity index (χ0n) is 16.3. The van der Waals surface area contributed by atoms with Gasteiger partial charge >= 0.3 is 6.36 Å². The molecule has 4 rings (SSSR count). The molecule has 162 valence electrons. The van der Waals surface area contributed by atoms with Crippen LogP contribution < -0.4 is 15.4 Å². The third-order valence-electron chi connectivity index (χ3n) is 4.41. The van der Waals surface area contributed by atoms with Crippen molar-refractivity contribution in [2.24, 2.45) is 0 Å². The minimum atomic E-state index is -4.80. The molecule has 0 aliphatic carbocycles. The zero-order valence-corrected chi connectivity index (χ0v) is 17.1. The van der Waals surface area contributed by atoms with Crippen molar-refractivity contribution in [3.05, 3.63) is 84.4 Å². The summed E-state index contributed by atoms with van der Waals surface area (Å²) in [5.74, 6) is -0.269. The molecule has 1 heterocycles. The summed E-state index contributed by atoms with van der Waals surface area (Å²) in [7, 11) is 0. The van der Waals surface area contributed by atoms with Gasteiger partial charge < -0.3 is 14.5 Å². The second-order valence-corrected chi connectivity index (χ2v) is 7.12. The van der Waals surface area contributed by atoms with Crippen LogP contribution in [0.2, 0.25) is 0 Å². The third kappa shape index (κ3) is 5.25. The Bertz CT molecular complexity index is 1270. The van der Waals surface area contributed by atoms with Crippen LogP contribution in [0.3, 0.4) is 0 Å². The Morgan fingerprint density at radius 3 is 2.34 bits per heavy atom. The Labute approximate surface area is 185 Å². The summed E-state index contributed by atoms with van der Waals surface area (Å²) in [6.45, 7) is 0. The molecular weight excluding hydrogens is 441 g/mol. The van der Waals surface area contributed by atoms with Gasteiger partial charge in [0.05, 0.1) is 0 Å². The number of furan rings is 1. The van der Waals surface area contributed by atoms with Crippen molar-refractivity contribution in [1.29, 1.82) is 0 Å². The summed E-state index contributed by atoms with van der Waals surface area (Å²) >= 11 is 5.17. The zero-order chi connectivity index (χ0) is 22.7. The minimum absolute atomic E-state index is 0.0276. The van der Waals surface area contributed by atoms with Crippen LogP contribution in [0.25, 0.3) is 22.3 Å². The number of ether oxygens (including phenoxy) is 1. The lowest BCUT2D eigenvalue weighted by atomic mass is 10.1. The van der Waals surface area contributed by atoms with Gasteiger partial charge in [-0.3, -0.25) is 10.1 Å². The van der Waals surface area contributed by atoms with E-state index in [1.807, 2.05) is 42.5 Å². The molecule has 0 radical (unpaired) electrons. The van der Waals surface area contributed by atoms with Crippen LogP contribution >= 0.6 is 12.2 Å². The first-order valence-corrected chi connectivity index (χ1v) is 9.75. The van der Waals surface area contributed by atoms with Gasteiger partial charge in [-0.1, -0.05) is 30.3 Å². The van der Waals surface area contributed by atoms with Crippen LogP contribution in [0.1, 0.15) is 10.4 Å². The van der Waals surface area contributed by atoms with Crippen molar-refractivity contribution in [2.45, 2.75) is 6.36 Å². The second-order valence-electron chi connectivity index (χ2n) is 6.71. The molecule has 3 aromatic carbocycles. The molecule has 0 saturated carbocycles. The Morgan fingerprint density at radius 1 is 0.938 bits per heavy atom. The Hall–Kier alpha value is -3.85. The molecule has 4 aromatic rings. The van der Waals surface area contributed by atoms with Crippen LogP contribution in [-0.4, -0.2) is 17.4 Å². The van der Waals surface area contributed by atoms with Gasteiger partial charge in [-0.2, -0.15) is 0 Å². The molecule has 0 unspecified atom stereocenters. The fourth-order valence-electron chi connectivity index (χ4n) is 3.00. The van der Waals surface area contributed by atoms with Crippen LogP contribution in [0, 0.1) is 0 Å². The number of carbonyl (C=O) groups is 1. The molecule has 1 amide bonds. The van der Waals surface area contributed by atoms with Crippen LogP contribution in [0.15, 0.2) is 83.3 Å². The van der Waals surface area contributed by atoms with Crippen molar-refractivity contribution >= 4 is 39.9 Å². The largest absolute Gasteiger partial charge is 0.573 e. The number of rotatable bonds is 4. The molecule has 5 nitrogen and oxygen atoms in total. The molecule has 2 N–H and O–H groups in total. The highest BCUT2D eigenvalue weighted by molar-refractivity contribution is 7.80. The lowest BCUT2D eigenvalue weighted by molar-refractivity contribution is -0.274. The number of carbonyl (C=O) groups excluding carboxylic acids is 1. The number of halogens is 3. The molecule has 32 heavy (non-hydrogen) atoms. The summed E-state index contributed by atoms with van der Waals surface area (Å²) in [6.07, 6.45) is -4.80. The van der Waals surface area contributed by atoms with Gasteiger partial charge in [-0.15, -0.1) is 13.2 Å². The fourth-order valence-corrected chi connectivity index (χ4v) is 3.21. The maximum Gasteiger partial charge on any atom is 0.573 e. The first kappa shape index (κ1) is 21.4. The highest BCUT2D eigenvalue weighted by Crippen LogP contribution is 2.29. The molecule has 1 aromatic heterocycles. The van der Waals surface area contributed by atoms with Crippen molar-refractivity contribution in [3.8, 4) is 17.1 Å². The van der Waals surface area contributed by atoms with E-state index >= 15 is 0 Å². The molecule has 0 atom stereocenters. The number of nitrogens with one attached hydrogen (secondary N) is 2. The third-order valence-corrected chi connectivity index (χ3v) is 4.62. The van der Waals surface area contributed by atoms with Crippen LogP contribution in [0.4, 0.5) is 18.9 Å². The van der Waals surface area contributed by atoms with Crippen molar-refractivity contribution in [1.82, 2.24) is 5.32 Å². The normalized spacial score (nSPS) is 11.2. The van der Waals surface area contributed by atoms with Gasteiger partial charge in [-0.25, -0.2) is 0 Å². The lowest BCUT2D eigenvalue weighted by Crippen LogP contribution is -2.34. The first-order valence-electron chi connectivity index (χ1n) is 9.34. The summed E-state index contributed by atoms with van der Waals surface area (Å²) in [6, 6.07) is 21.5. The summed E-state index contributed by atoms with van der Waals surface area (Å²) in [4.78, 5) is 12.3. The average Bonchev–Trinajstić information content (AvgIpc) is 3.17. The van der Waals surface area contributed by atoms with E-state index in [2.05, 4.69) is 15.4 Å². The Morgan fingerprint density at radius 2 is 1.66 bits per heavy atom. The number of benzene rings is 3. The van der Waals surface area contributed by atoms with Gasteiger partial charge in [0.2, 0.25) is 0 Å². The molecule has 0 fully saturated rings. The highest BCUT2D eigenvalue weighted by atomic mass is 32.1. The van der Waals surface area contributed by atoms with Crippen molar-refractivity contribution in [2.75, 3.05) is 5.32 Å². The highest BCUT2D eigenvalue weighted by Gasteiger charge is 2.31. The lowest BCUT2D eigenvalue weighted by Gasteiger charge is -2.11. The predicted molar refractivity (Wildman–Crippen MR) is 118 cm³/mol. The van der Waals surface area contributed by atoms with Gasteiger partial charge in [0, 0.05) is 28.3 Å². The Kier molecular flexibility index (Phi) is 5.83. The number of hydrogen-bond acceptors (Lipinski definition) is 4. The standard InChI is InChI=1S/C23H15F3N2O3S/c24-23(25,26)31-18-10-7-15(8-11-18)21(29)28-22(32)27-17-9-6-16-12-19(30-20(16)13-17)14-4-2-1-3-5-14/h1-13H,(H2,27,28,29,32). The van der Waals surface area contributed by atoms with Crippen LogP contribution in [0.5, 0.6) is 5.75 Å². The molecule has 0 bridgehead atoms. The molecule has 0 aliphatic heterocycles. The molecule has 9 heteroatoms. The molecule has 0 aliphatic rings. The molecule has 0 saturated heterocycles. The maximum absolute atomic E-state index is 12.3. The summed E-state index contributed by atoms with van der Waals surface area (Å²) < 4.78 is 46.4. The van der Waals surface area contributed by atoms with E-state index in [9.17, 15) is 18.0 Å². The van der Waals surface area contributed by atoms with E-state index in [0.29, 0.717) is 11.3 Å². The number of amides is 1. The van der Waals surface area contributed by atoms with Gasteiger partial charge in [0.15, 0.2) is 5.11 Å². The van der Waals surface area contributed by atoms with E-state index in [-0.39, 0.29) is 10.7 Å². The topological polar surface area (TPSA) is 63.5 Å². The van der Waals surface area contributed by atoms with Crippen molar-refractivity contribution < 1.29 is 27.1 Å². The smallest absolute Gasteiger partial charge is 0.456 e. The maximum atomic E-state index is 12.3. The molecule has 0 spiro atoms. The van der Waals surface area contributed by atoms with Gasteiger partial charge in [0.25, 0.3) is 5.91 Å². The van der Waals surface area contributed by atoms with E-state index < -0.39 is 18.0 Å². The average molecular weight is 456 g/mol. The van der Waals surface area contributed by atoms with E-state index in [1.54, 1.807) is 12.1 Å². The Balaban J connectivity index is 1.40. The number of thiocarbonyl (C=S) groups is 1. The van der Waals surface area contributed by atoms with E-state index in [0.717, 1.165) is 28.8 Å². The van der Waals surface area contributed by atoms with E-state index in [4.69, 9.17) is 16.6 Å². The number of anilines is 1. The predicted octanol–water partition coefficient (Wildman–Crippen LogP) is 6.13. The second kappa shape index (κ2) is 8.72. The SMILES string of the molecule is O=C(NC(=S)Nc1ccc2cc(-c3ccccc3)oc2c1)c1ccc(OC(F)(F)F)cc1. The number of hydrogen-bond donors (Lipinski definition) is 2. The van der Waals surface area contributed by atoms with Crippen LogP contribution in [-0.2, 0) is 0 Å². The number of alkyl halides is 3. The van der Waals surface area contributed by atoms with E-state index in [1.165, 1.54) is 12.1 Å². The first-order chi connectivity index (χ1) is 15.3. The fraction of sp³-hybridized carbons (Fsp3) is 0.0435. The monoisotopic (exact) mass is 456 g/mol. The van der Waals surface area contributed by atoms with Gasteiger partial charge in [-0.05, 0) is 54.7 Å². The molecular formula is C23H15F3N2O3S. The summed E-state index contributed by atoms with van der Waals surface area (Å²) in [5.41, 5.74) is 2.32. The quantitative estimate of drug-likeness (QED) is 0.362.